The number of pyridine rings is 3. The van der Waals surface area contributed by atoms with Crippen LogP contribution in [-0.2, 0) is 0 Å². The molecule has 0 fully saturated rings. The predicted molar refractivity (Wildman–Crippen MR) is 138 cm³/mol. The van der Waals surface area contributed by atoms with Gasteiger partial charge in [0.25, 0.3) is 0 Å². The van der Waals surface area contributed by atoms with Gasteiger partial charge in [0.2, 0.25) is 5.56 Å². The first kappa shape index (κ1) is 22.3. The fourth-order valence-corrected chi connectivity index (χ4v) is 4.28. The van der Waals surface area contributed by atoms with Crippen LogP contribution in [0.5, 0.6) is 0 Å². The van der Waals surface area contributed by atoms with Crippen LogP contribution in [0, 0.1) is 13.8 Å². The fraction of sp³-hybridized carbons (Fsp3) is 0.143. The van der Waals surface area contributed by atoms with Crippen molar-refractivity contribution in [1.29, 1.82) is 0 Å². The molecule has 35 heavy (non-hydrogen) atoms. The summed E-state index contributed by atoms with van der Waals surface area (Å²) < 4.78 is 6.40. The lowest BCUT2D eigenvalue weighted by Crippen LogP contribution is -2.13. The van der Waals surface area contributed by atoms with Crippen LogP contribution in [-0.4, -0.2) is 15.0 Å². The maximum atomic E-state index is 13.3. The maximum Gasteiger partial charge on any atom is 0.247 e. The molecule has 0 saturated heterocycles. The molecule has 0 radical (unpaired) electrons. The summed E-state index contributed by atoms with van der Waals surface area (Å²) in [6.45, 7) is 5.76. The molecule has 7 nitrogen and oxygen atoms in total. The van der Waals surface area contributed by atoms with Crippen molar-refractivity contribution in [3.8, 4) is 22.6 Å². The van der Waals surface area contributed by atoms with Crippen molar-refractivity contribution in [2.24, 2.45) is 0 Å². The van der Waals surface area contributed by atoms with Crippen LogP contribution in [0.25, 0.3) is 33.6 Å². The number of hydrogen-bond acceptors (Lipinski definition) is 6. The highest BCUT2D eigenvalue weighted by molar-refractivity contribution is 5.85. The molecule has 7 heteroatoms. The molecule has 0 bridgehead atoms. The standard InChI is InChI=1S/C28H24N4O3/c1-16-12-21(18(3)32-23-7-5-11-30-25(23)19-8-9-24(33)31-15-19)28-22(13-16)26(34)17(2)27(35-28)20-6-4-10-29-14-20/h4-15,18,32H,1-3H3,(H,31,33)/t18-/m1/s1. The van der Waals surface area contributed by atoms with Crippen molar-refractivity contribution >= 4 is 16.7 Å². The van der Waals surface area contributed by atoms with E-state index in [1.54, 1.807) is 37.8 Å². The highest BCUT2D eigenvalue weighted by Gasteiger charge is 2.20. The van der Waals surface area contributed by atoms with Crippen LogP contribution < -0.4 is 16.3 Å². The number of aromatic amines is 1. The smallest absolute Gasteiger partial charge is 0.247 e. The van der Waals surface area contributed by atoms with Crippen molar-refractivity contribution in [1.82, 2.24) is 15.0 Å². The fourth-order valence-electron chi connectivity index (χ4n) is 4.28. The Balaban J connectivity index is 1.63. The SMILES string of the molecule is Cc1cc([C@@H](C)Nc2cccnc2-c2ccc(=O)[nH]c2)c2oc(-c3cccnc3)c(C)c(=O)c2c1. The number of benzene rings is 1. The molecule has 1 atom stereocenters. The lowest BCUT2D eigenvalue weighted by Gasteiger charge is -2.20. The van der Waals surface area contributed by atoms with E-state index in [2.05, 4.69) is 20.3 Å². The van der Waals surface area contributed by atoms with E-state index < -0.39 is 0 Å². The molecular formula is C28H24N4O3. The van der Waals surface area contributed by atoms with Crippen LogP contribution >= 0.6 is 0 Å². The largest absolute Gasteiger partial charge is 0.455 e. The topological polar surface area (TPSA) is 101 Å². The van der Waals surface area contributed by atoms with Gasteiger partial charge < -0.3 is 14.7 Å². The normalized spacial score (nSPS) is 12.0. The van der Waals surface area contributed by atoms with E-state index in [0.717, 1.165) is 27.9 Å². The number of fused-ring (bicyclic) bond motifs is 1. The molecule has 0 amide bonds. The number of aromatic nitrogens is 3. The molecule has 0 aliphatic rings. The van der Waals surface area contributed by atoms with Crippen LogP contribution in [0.4, 0.5) is 5.69 Å². The van der Waals surface area contributed by atoms with E-state index in [1.807, 2.05) is 50.2 Å². The van der Waals surface area contributed by atoms with Gasteiger partial charge in [-0.3, -0.25) is 19.6 Å². The Hall–Kier alpha value is -4.52. The summed E-state index contributed by atoms with van der Waals surface area (Å²) in [5.74, 6) is 0.517. The molecule has 0 aliphatic carbocycles. The Bertz CT molecular complexity index is 1640. The molecule has 0 aliphatic heterocycles. The average molecular weight is 465 g/mol. The van der Waals surface area contributed by atoms with Gasteiger partial charge in [-0.1, -0.05) is 6.07 Å². The monoisotopic (exact) mass is 464 g/mol. The van der Waals surface area contributed by atoms with E-state index in [9.17, 15) is 9.59 Å². The van der Waals surface area contributed by atoms with Crippen molar-refractivity contribution in [2.75, 3.05) is 5.32 Å². The number of nitrogens with zero attached hydrogens (tertiary/aromatic N) is 2. The van der Waals surface area contributed by atoms with E-state index in [1.165, 1.54) is 6.07 Å². The third-order valence-electron chi connectivity index (χ3n) is 6.02. The minimum atomic E-state index is -0.212. The molecule has 0 spiro atoms. The number of nitrogens with one attached hydrogen (secondary N) is 2. The first-order valence-electron chi connectivity index (χ1n) is 11.3. The molecule has 0 unspecified atom stereocenters. The van der Waals surface area contributed by atoms with Gasteiger partial charge in [-0.05, 0) is 62.7 Å². The lowest BCUT2D eigenvalue weighted by atomic mass is 9.99. The maximum absolute atomic E-state index is 13.3. The summed E-state index contributed by atoms with van der Waals surface area (Å²) in [6.07, 6.45) is 6.73. The van der Waals surface area contributed by atoms with Crippen molar-refractivity contribution in [2.45, 2.75) is 26.8 Å². The summed E-state index contributed by atoms with van der Waals surface area (Å²) in [5.41, 5.74) is 5.73. The predicted octanol–water partition coefficient (Wildman–Crippen LogP) is 5.40. The molecule has 2 N–H and O–H groups in total. The third kappa shape index (κ3) is 4.24. The van der Waals surface area contributed by atoms with E-state index in [-0.39, 0.29) is 17.0 Å². The molecule has 1 aromatic carbocycles. The first-order valence-corrected chi connectivity index (χ1v) is 11.3. The second-order valence-electron chi connectivity index (χ2n) is 8.57. The summed E-state index contributed by atoms with van der Waals surface area (Å²) in [6, 6.07) is 14.4. The van der Waals surface area contributed by atoms with Gasteiger partial charge in [0.05, 0.1) is 22.8 Å². The van der Waals surface area contributed by atoms with Gasteiger partial charge >= 0.3 is 0 Å². The van der Waals surface area contributed by atoms with Gasteiger partial charge in [0.1, 0.15) is 11.3 Å². The number of aryl methyl sites for hydroxylation is 1. The molecule has 0 saturated carbocycles. The second-order valence-corrected chi connectivity index (χ2v) is 8.57. The minimum absolute atomic E-state index is 0.0578. The van der Waals surface area contributed by atoms with E-state index >= 15 is 0 Å². The zero-order valence-corrected chi connectivity index (χ0v) is 19.6. The average Bonchev–Trinajstić information content (AvgIpc) is 2.87. The van der Waals surface area contributed by atoms with E-state index in [4.69, 9.17) is 4.42 Å². The zero-order chi connectivity index (χ0) is 24.5. The van der Waals surface area contributed by atoms with E-state index in [0.29, 0.717) is 28.0 Å². The second kappa shape index (κ2) is 9.02. The Morgan fingerprint density at radius 1 is 1.00 bits per heavy atom. The van der Waals surface area contributed by atoms with Crippen molar-refractivity contribution in [3.63, 3.8) is 0 Å². The highest BCUT2D eigenvalue weighted by atomic mass is 16.3. The summed E-state index contributed by atoms with van der Waals surface area (Å²) in [4.78, 5) is 36.2. The van der Waals surface area contributed by atoms with Gasteiger partial charge in [-0.2, -0.15) is 0 Å². The Morgan fingerprint density at radius 3 is 2.57 bits per heavy atom. The number of hydrogen-bond donors (Lipinski definition) is 2. The Labute approximate surface area is 201 Å². The molecule has 5 aromatic rings. The molecular weight excluding hydrogens is 440 g/mol. The van der Waals surface area contributed by atoms with Crippen molar-refractivity contribution < 1.29 is 4.42 Å². The van der Waals surface area contributed by atoms with Crippen LogP contribution in [0.3, 0.4) is 0 Å². The summed E-state index contributed by atoms with van der Waals surface area (Å²) in [7, 11) is 0. The summed E-state index contributed by atoms with van der Waals surface area (Å²) in [5, 5.41) is 4.07. The van der Waals surface area contributed by atoms with Crippen molar-refractivity contribution in [3.05, 3.63) is 111 Å². The van der Waals surface area contributed by atoms with Crippen LogP contribution in [0.1, 0.15) is 29.7 Å². The van der Waals surface area contributed by atoms with Gasteiger partial charge in [0.15, 0.2) is 5.43 Å². The van der Waals surface area contributed by atoms with Gasteiger partial charge in [-0.25, -0.2) is 0 Å². The Kier molecular flexibility index (Phi) is 5.74. The third-order valence-corrected chi connectivity index (χ3v) is 6.02. The Morgan fingerprint density at radius 2 is 1.83 bits per heavy atom. The quantitative estimate of drug-likeness (QED) is 0.361. The van der Waals surface area contributed by atoms with Gasteiger partial charge in [0, 0.05) is 53.1 Å². The first-order chi connectivity index (χ1) is 16.9. The van der Waals surface area contributed by atoms with Gasteiger partial charge in [-0.15, -0.1) is 0 Å². The van der Waals surface area contributed by atoms with Crippen LogP contribution in [0.2, 0.25) is 0 Å². The molecule has 4 aromatic heterocycles. The van der Waals surface area contributed by atoms with Crippen LogP contribution in [0.15, 0.2) is 87.3 Å². The number of anilines is 1. The number of H-pyrrole nitrogens is 1. The lowest BCUT2D eigenvalue weighted by molar-refractivity contribution is 0.605. The summed E-state index contributed by atoms with van der Waals surface area (Å²) >= 11 is 0. The molecule has 5 rings (SSSR count). The minimum Gasteiger partial charge on any atom is -0.455 e. The highest BCUT2D eigenvalue weighted by Crippen LogP contribution is 2.33. The number of rotatable bonds is 5. The molecule has 4 heterocycles. The molecule has 174 valence electrons. The zero-order valence-electron chi connectivity index (χ0n) is 19.6.